The Hall–Kier alpha value is -3.13. The zero-order valence-electron chi connectivity index (χ0n) is 16.5. The summed E-state index contributed by atoms with van der Waals surface area (Å²) in [4.78, 5) is 28.3. The fraction of sp³-hybridized carbons (Fsp3) is 0.227. The van der Waals surface area contributed by atoms with Gasteiger partial charge in [-0.05, 0) is 49.2 Å². The zero-order chi connectivity index (χ0) is 21.7. The van der Waals surface area contributed by atoms with Crippen LogP contribution in [0.1, 0.15) is 41.4 Å². The summed E-state index contributed by atoms with van der Waals surface area (Å²) in [5.41, 5.74) is 2.71. The van der Waals surface area contributed by atoms with Crippen LogP contribution >= 0.6 is 11.8 Å². The van der Waals surface area contributed by atoms with Crippen LogP contribution in [0.15, 0.2) is 64.8 Å². The number of aromatic carboxylic acids is 1. The lowest BCUT2D eigenvalue weighted by molar-refractivity contribution is -0.138. The molecule has 0 bridgehead atoms. The largest absolute Gasteiger partial charge is 0.478 e. The number of hydrogen-bond donors (Lipinski definition) is 2. The van der Waals surface area contributed by atoms with Crippen molar-refractivity contribution in [2.45, 2.75) is 25.6 Å². The van der Waals surface area contributed by atoms with Crippen molar-refractivity contribution in [3.8, 4) is 0 Å². The summed E-state index contributed by atoms with van der Waals surface area (Å²) in [6, 6.07) is 11.9. The van der Waals surface area contributed by atoms with E-state index >= 15 is 0 Å². The quantitative estimate of drug-likeness (QED) is 0.667. The number of benzene rings is 2. The number of amidine groups is 1. The molecule has 2 aromatic carbocycles. The normalized spacial score (nSPS) is 16.0. The van der Waals surface area contributed by atoms with Crippen LogP contribution in [0, 0.1) is 5.82 Å². The monoisotopic (exact) mass is 428 g/mol. The van der Waals surface area contributed by atoms with E-state index in [9.17, 15) is 14.0 Å². The Balaban J connectivity index is 1.86. The van der Waals surface area contributed by atoms with Crippen LogP contribution in [0.25, 0.3) is 0 Å². The molecule has 1 atom stereocenters. The van der Waals surface area contributed by atoms with Crippen LogP contribution in [-0.4, -0.2) is 28.8 Å². The van der Waals surface area contributed by atoms with E-state index in [4.69, 9.17) is 9.84 Å². The maximum atomic E-state index is 13.4. The molecule has 0 saturated carbocycles. The number of aliphatic imine (C=N–C) groups is 1. The van der Waals surface area contributed by atoms with Gasteiger partial charge in [0.2, 0.25) is 0 Å². The highest BCUT2D eigenvalue weighted by atomic mass is 32.2. The lowest BCUT2D eigenvalue weighted by Gasteiger charge is -2.25. The molecule has 0 aromatic heterocycles. The molecule has 2 aromatic rings. The summed E-state index contributed by atoms with van der Waals surface area (Å²) < 4.78 is 18.6. The summed E-state index contributed by atoms with van der Waals surface area (Å²) >= 11 is 1.39. The lowest BCUT2D eigenvalue weighted by Crippen LogP contribution is -2.30. The number of carbonyl (C=O) groups is 2. The highest BCUT2D eigenvalue weighted by Crippen LogP contribution is 2.33. The van der Waals surface area contributed by atoms with Gasteiger partial charge in [-0.3, -0.25) is 0 Å². The van der Waals surface area contributed by atoms with Gasteiger partial charge < -0.3 is 15.2 Å². The molecular weight excluding hydrogens is 407 g/mol. The van der Waals surface area contributed by atoms with Gasteiger partial charge in [0, 0.05) is 11.4 Å². The van der Waals surface area contributed by atoms with Crippen molar-refractivity contribution < 1.29 is 23.8 Å². The number of rotatable bonds is 6. The second-order valence-corrected chi connectivity index (χ2v) is 7.53. The summed E-state index contributed by atoms with van der Waals surface area (Å²) in [7, 11) is 0. The van der Waals surface area contributed by atoms with E-state index in [-0.39, 0.29) is 18.0 Å². The van der Waals surface area contributed by atoms with E-state index < -0.39 is 18.0 Å². The Labute approximate surface area is 177 Å². The minimum atomic E-state index is -0.982. The Kier molecular flexibility index (Phi) is 6.89. The van der Waals surface area contributed by atoms with Crippen molar-refractivity contribution in [2.75, 3.05) is 6.61 Å². The van der Waals surface area contributed by atoms with Crippen molar-refractivity contribution in [3.63, 3.8) is 0 Å². The SMILES string of the molecule is CCOC(=O)C1=C(C)NC(SCc2cccc(C(=O)O)c2)=N[C@H]1c1ccc(F)cc1. The molecule has 0 saturated heterocycles. The van der Waals surface area contributed by atoms with E-state index in [1.54, 1.807) is 38.1 Å². The topological polar surface area (TPSA) is 88.0 Å². The minimum Gasteiger partial charge on any atom is -0.478 e. The predicted molar refractivity (Wildman–Crippen MR) is 114 cm³/mol. The first-order valence-electron chi connectivity index (χ1n) is 9.32. The van der Waals surface area contributed by atoms with E-state index in [1.165, 1.54) is 30.0 Å². The number of carbonyl (C=O) groups excluding carboxylic acids is 1. The van der Waals surface area contributed by atoms with Crippen LogP contribution in [-0.2, 0) is 15.3 Å². The summed E-state index contributed by atoms with van der Waals surface area (Å²) in [6.07, 6.45) is 0. The van der Waals surface area contributed by atoms with Crippen molar-refractivity contribution in [3.05, 3.63) is 82.3 Å². The Morgan fingerprint density at radius 3 is 2.63 bits per heavy atom. The molecule has 156 valence electrons. The molecule has 0 amide bonds. The van der Waals surface area contributed by atoms with Crippen LogP contribution in [0.2, 0.25) is 0 Å². The molecule has 8 heteroatoms. The molecule has 30 heavy (non-hydrogen) atoms. The fourth-order valence-electron chi connectivity index (χ4n) is 3.03. The highest BCUT2D eigenvalue weighted by Gasteiger charge is 2.30. The fourth-order valence-corrected chi connectivity index (χ4v) is 3.91. The molecule has 0 unspecified atom stereocenters. The molecule has 0 radical (unpaired) electrons. The van der Waals surface area contributed by atoms with Crippen molar-refractivity contribution >= 4 is 28.9 Å². The smallest absolute Gasteiger partial charge is 0.338 e. The first kappa shape index (κ1) is 21.6. The number of halogens is 1. The van der Waals surface area contributed by atoms with Crippen molar-refractivity contribution in [1.82, 2.24) is 5.32 Å². The Morgan fingerprint density at radius 2 is 1.97 bits per heavy atom. The second-order valence-electron chi connectivity index (χ2n) is 6.57. The third-order valence-electron chi connectivity index (χ3n) is 4.45. The molecule has 0 fully saturated rings. The third kappa shape index (κ3) is 5.07. The number of carboxylic acids is 1. The molecule has 2 N–H and O–H groups in total. The number of hydrogen-bond acceptors (Lipinski definition) is 6. The Morgan fingerprint density at radius 1 is 1.23 bits per heavy atom. The summed E-state index contributed by atoms with van der Waals surface area (Å²) in [6.45, 7) is 3.73. The molecule has 0 spiro atoms. The average Bonchev–Trinajstić information content (AvgIpc) is 2.72. The van der Waals surface area contributed by atoms with Crippen molar-refractivity contribution in [2.24, 2.45) is 4.99 Å². The van der Waals surface area contributed by atoms with Gasteiger partial charge in [-0.15, -0.1) is 0 Å². The van der Waals surface area contributed by atoms with Gasteiger partial charge in [0.25, 0.3) is 0 Å². The van der Waals surface area contributed by atoms with Crippen LogP contribution in [0.4, 0.5) is 4.39 Å². The highest BCUT2D eigenvalue weighted by molar-refractivity contribution is 8.13. The zero-order valence-corrected chi connectivity index (χ0v) is 17.3. The van der Waals surface area contributed by atoms with Gasteiger partial charge in [0.15, 0.2) is 5.17 Å². The molecule has 1 aliphatic rings. The molecular formula is C22H21FN2O4S. The second kappa shape index (κ2) is 9.58. The number of carboxylic acid groups (broad SMARTS) is 1. The number of nitrogens with zero attached hydrogens (tertiary/aromatic N) is 1. The van der Waals surface area contributed by atoms with Gasteiger partial charge in [-0.25, -0.2) is 19.0 Å². The maximum absolute atomic E-state index is 13.4. The van der Waals surface area contributed by atoms with Gasteiger partial charge in [-0.1, -0.05) is 36.0 Å². The number of allylic oxidation sites excluding steroid dienone is 1. The molecule has 1 heterocycles. The molecule has 3 rings (SSSR count). The molecule has 1 aliphatic heterocycles. The van der Waals surface area contributed by atoms with Gasteiger partial charge >= 0.3 is 11.9 Å². The van der Waals surface area contributed by atoms with Crippen LogP contribution in [0.5, 0.6) is 0 Å². The van der Waals surface area contributed by atoms with Gasteiger partial charge in [-0.2, -0.15) is 0 Å². The number of ether oxygens (including phenoxy) is 1. The Bertz CT molecular complexity index is 1020. The maximum Gasteiger partial charge on any atom is 0.338 e. The first-order valence-corrected chi connectivity index (χ1v) is 10.3. The van der Waals surface area contributed by atoms with Crippen LogP contribution in [0.3, 0.4) is 0 Å². The summed E-state index contributed by atoms with van der Waals surface area (Å²) in [5, 5.41) is 12.9. The van der Waals surface area contributed by atoms with E-state index in [1.807, 2.05) is 6.07 Å². The minimum absolute atomic E-state index is 0.219. The summed E-state index contributed by atoms with van der Waals surface area (Å²) in [5.74, 6) is -1.34. The predicted octanol–water partition coefficient (Wildman–Crippen LogP) is 4.29. The number of nitrogens with one attached hydrogen (secondary N) is 1. The van der Waals surface area contributed by atoms with E-state index in [0.717, 1.165) is 5.56 Å². The van der Waals surface area contributed by atoms with Gasteiger partial charge in [0.1, 0.15) is 11.9 Å². The molecule has 6 nitrogen and oxygen atoms in total. The molecule has 0 aliphatic carbocycles. The van der Waals surface area contributed by atoms with Gasteiger partial charge in [0.05, 0.1) is 17.7 Å². The standard InChI is InChI=1S/C22H21FN2O4S/c1-3-29-21(28)18-13(2)24-22(25-19(18)15-7-9-17(23)10-8-15)30-12-14-5-4-6-16(11-14)20(26)27/h4-11,19H,3,12H2,1-2H3,(H,24,25)(H,26,27)/t19-/m0/s1. The average molecular weight is 428 g/mol. The van der Waals surface area contributed by atoms with E-state index in [2.05, 4.69) is 10.3 Å². The third-order valence-corrected chi connectivity index (χ3v) is 5.41. The van der Waals surface area contributed by atoms with E-state index in [0.29, 0.717) is 27.8 Å². The number of esters is 1. The number of thioether (sulfide) groups is 1. The first-order chi connectivity index (χ1) is 14.4. The van der Waals surface area contributed by atoms with Crippen LogP contribution < -0.4 is 5.32 Å². The van der Waals surface area contributed by atoms with Crippen molar-refractivity contribution in [1.29, 1.82) is 0 Å². The lowest BCUT2D eigenvalue weighted by atomic mass is 9.96.